The number of amides is 1. The standard InChI is InChI=1S/C17H23N3O3S/c1-10(2)13-7-6-8-14(9-13)16-18-12(5)15(19-16)17(21)20-24(22,23)11(3)4/h6-11H,1-5H3,(H,18,19)(H,20,21). The van der Waals surface area contributed by atoms with Gasteiger partial charge in [-0.25, -0.2) is 18.1 Å². The number of rotatable bonds is 5. The van der Waals surface area contributed by atoms with Gasteiger partial charge in [0.05, 0.1) is 5.25 Å². The number of carbonyl (C=O) groups is 1. The zero-order chi connectivity index (χ0) is 18.1. The van der Waals surface area contributed by atoms with Gasteiger partial charge in [-0.3, -0.25) is 4.79 Å². The fourth-order valence-electron chi connectivity index (χ4n) is 2.16. The second-order valence-electron chi connectivity index (χ2n) is 6.36. The Morgan fingerprint density at radius 1 is 1.21 bits per heavy atom. The Hall–Kier alpha value is -2.15. The lowest BCUT2D eigenvalue weighted by molar-refractivity contribution is 0.0976. The van der Waals surface area contributed by atoms with Crippen LogP contribution in [0.4, 0.5) is 0 Å². The van der Waals surface area contributed by atoms with E-state index in [4.69, 9.17) is 0 Å². The first-order valence-corrected chi connectivity index (χ1v) is 9.39. The predicted molar refractivity (Wildman–Crippen MR) is 94.4 cm³/mol. The lowest BCUT2D eigenvalue weighted by atomic mass is 10.0. The molecule has 24 heavy (non-hydrogen) atoms. The van der Waals surface area contributed by atoms with Crippen LogP contribution in [0.25, 0.3) is 11.4 Å². The number of benzene rings is 1. The molecule has 1 aromatic heterocycles. The van der Waals surface area contributed by atoms with Crippen molar-refractivity contribution in [1.29, 1.82) is 0 Å². The first kappa shape index (κ1) is 18.2. The van der Waals surface area contributed by atoms with Gasteiger partial charge in [-0.1, -0.05) is 32.0 Å². The molecule has 0 saturated heterocycles. The molecule has 7 heteroatoms. The molecule has 0 atom stereocenters. The first-order valence-electron chi connectivity index (χ1n) is 7.84. The van der Waals surface area contributed by atoms with Gasteiger partial charge in [-0.05, 0) is 38.3 Å². The van der Waals surface area contributed by atoms with Gasteiger partial charge in [0.2, 0.25) is 10.0 Å². The number of hydrogen-bond donors (Lipinski definition) is 2. The van der Waals surface area contributed by atoms with Crippen LogP contribution in [-0.2, 0) is 10.0 Å². The summed E-state index contributed by atoms with van der Waals surface area (Å²) < 4.78 is 25.8. The lowest BCUT2D eigenvalue weighted by Crippen LogP contribution is -2.36. The minimum Gasteiger partial charge on any atom is -0.341 e. The summed E-state index contributed by atoms with van der Waals surface area (Å²) in [6.45, 7) is 8.91. The molecule has 0 aliphatic heterocycles. The van der Waals surface area contributed by atoms with E-state index in [9.17, 15) is 13.2 Å². The molecule has 0 spiro atoms. The lowest BCUT2D eigenvalue weighted by Gasteiger charge is -2.08. The Morgan fingerprint density at radius 2 is 1.88 bits per heavy atom. The second-order valence-corrected chi connectivity index (χ2v) is 8.60. The van der Waals surface area contributed by atoms with Crippen LogP contribution in [0.2, 0.25) is 0 Å². The summed E-state index contributed by atoms with van der Waals surface area (Å²) in [5, 5.41) is -0.692. The van der Waals surface area contributed by atoms with Gasteiger partial charge in [-0.2, -0.15) is 0 Å². The van der Waals surface area contributed by atoms with E-state index in [1.165, 1.54) is 13.8 Å². The van der Waals surface area contributed by atoms with Crippen LogP contribution in [0.1, 0.15) is 55.4 Å². The normalized spacial score (nSPS) is 12.0. The number of nitrogens with one attached hydrogen (secondary N) is 2. The molecule has 1 aromatic carbocycles. The van der Waals surface area contributed by atoms with E-state index >= 15 is 0 Å². The average molecular weight is 349 g/mol. The third kappa shape index (κ3) is 3.84. The Kier molecular flexibility index (Phi) is 5.13. The van der Waals surface area contributed by atoms with E-state index in [1.807, 2.05) is 24.3 Å². The molecule has 0 saturated carbocycles. The molecule has 6 nitrogen and oxygen atoms in total. The molecule has 0 bridgehead atoms. The topological polar surface area (TPSA) is 91.9 Å². The minimum absolute atomic E-state index is 0.0872. The maximum absolute atomic E-state index is 12.2. The van der Waals surface area contributed by atoms with E-state index in [0.29, 0.717) is 17.4 Å². The maximum Gasteiger partial charge on any atom is 0.285 e. The molecule has 1 amide bonds. The van der Waals surface area contributed by atoms with Crippen LogP contribution >= 0.6 is 0 Å². The highest BCUT2D eigenvalue weighted by Crippen LogP contribution is 2.23. The zero-order valence-corrected chi connectivity index (χ0v) is 15.4. The molecule has 2 aromatic rings. The SMILES string of the molecule is Cc1[nH]c(-c2cccc(C(C)C)c2)nc1C(=O)NS(=O)(=O)C(C)C. The van der Waals surface area contributed by atoms with Gasteiger partial charge in [0.1, 0.15) is 5.82 Å². The Bertz CT molecular complexity index is 852. The third-order valence-electron chi connectivity index (χ3n) is 3.78. The van der Waals surface area contributed by atoms with Crippen molar-refractivity contribution in [3.05, 3.63) is 41.2 Å². The van der Waals surface area contributed by atoms with Gasteiger partial charge in [0.15, 0.2) is 5.69 Å². The summed E-state index contributed by atoms with van der Waals surface area (Å²) in [7, 11) is -3.69. The minimum atomic E-state index is -3.69. The maximum atomic E-state index is 12.2. The molecule has 0 fully saturated rings. The number of aromatic amines is 1. The summed E-state index contributed by atoms with van der Waals surface area (Å²) in [6, 6.07) is 7.88. The predicted octanol–water partition coefficient (Wildman–Crippen LogP) is 2.98. The molecule has 0 aliphatic rings. The molecule has 130 valence electrons. The highest BCUT2D eigenvalue weighted by molar-refractivity contribution is 7.90. The summed E-state index contributed by atoms with van der Waals surface area (Å²) >= 11 is 0. The van der Waals surface area contributed by atoms with Gasteiger partial charge in [-0.15, -0.1) is 0 Å². The summed E-state index contributed by atoms with van der Waals surface area (Å²) in [5.41, 5.74) is 2.63. The van der Waals surface area contributed by atoms with Crippen molar-refractivity contribution in [2.75, 3.05) is 0 Å². The quantitative estimate of drug-likeness (QED) is 0.868. The number of hydrogen-bond acceptors (Lipinski definition) is 4. The number of aromatic nitrogens is 2. The first-order chi connectivity index (χ1) is 11.1. The van der Waals surface area contributed by atoms with E-state index in [0.717, 1.165) is 11.1 Å². The fraction of sp³-hybridized carbons (Fsp3) is 0.412. The van der Waals surface area contributed by atoms with Crippen LogP contribution in [0, 0.1) is 6.92 Å². The molecule has 2 N–H and O–H groups in total. The monoisotopic (exact) mass is 349 g/mol. The van der Waals surface area contributed by atoms with Crippen molar-refractivity contribution in [3.8, 4) is 11.4 Å². The molecular formula is C17H23N3O3S. The van der Waals surface area contributed by atoms with Crippen molar-refractivity contribution in [2.45, 2.75) is 45.8 Å². The van der Waals surface area contributed by atoms with Crippen molar-refractivity contribution >= 4 is 15.9 Å². The number of imidazole rings is 1. The van der Waals surface area contributed by atoms with Crippen molar-refractivity contribution in [2.24, 2.45) is 0 Å². The van der Waals surface area contributed by atoms with Gasteiger partial charge >= 0.3 is 0 Å². The third-order valence-corrected chi connectivity index (χ3v) is 5.49. The van der Waals surface area contributed by atoms with Crippen molar-refractivity contribution in [3.63, 3.8) is 0 Å². The van der Waals surface area contributed by atoms with Crippen LogP contribution in [0.15, 0.2) is 24.3 Å². The van der Waals surface area contributed by atoms with Crippen molar-refractivity contribution in [1.82, 2.24) is 14.7 Å². The second kappa shape index (κ2) is 6.76. The van der Waals surface area contributed by atoms with E-state index in [2.05, 4.69) is 28.5 Å². The molecule has 1 heterocycles. The summed E-state index contributed by atoms with van der Waals surface area (Å²) in [4.78, 5) is 19.6. The highest BCUT2D eigenvalue weighted by atomic mass is 32.2. The summed E-state index contributed by atoms with van der Waals surface area (Å²) in [5.74, 6) is 0.200. The molecular weight excluding hydrogens is 326 g/mol. The Labute approximate surface area is 142 Å². The molecule has 0 unspecified atom stereocenters. The number of aryl methyl sites for hydroxylation is 1. The van der Waals surface area contributed by atoms with Crippen LogP contribution in [-0.4, -0.2) is 29.5 Å². The van der Waals surface area contributed by atoms with Gasteiger partial charge in [0, 0.05) is 11.3 Å². The van der Waals surface area contributed by atoms with Gasteiger partial charge in [0.25, 0.3) is 5.91 Å². The van der Waals surface area contributed by atoms with Crippen LogP contribution in [0.3, 0.4) is 0 Å². The van der Waals surface area contributed by atoms with E-state index in [1.54, 1.807) is 6.92 Å². The van der Waals surface area contributed by atoms with Crippen LogP contribution in [0.5, 0.6) is 0 Å². The van der Waals surface area contributed by atoms with Crippen LogP contribution < -0.4 is 4.72 Å². The van der Waals surface area contributed by atoms with E-state index < -0.39 is 21.2 Å². The zero-order valence-electron chi connectivity index (χ0n) is 14.5. The van der Waals surface area contributed by atoms with Crippen molar-refractivity contribution < 1.29 is 13.2 Å². The average Bonchev–Trinajstić information content (AvgIpc) is 2.89. The smallest absolute Gasteiger partial charge is 0.285 e. The molecule has 0 aliphatic carbocycles. The molecule has 0 radical (unpaired) electrons. The van der Waals surface area contributed by atoms with E-state index in [-0.39, 0.29) is 5.69 Å². The number of H-pyrrole nitrogens is 1. The highest BCUT2D eigenvalue weighted by Gasteiger charge is 2.23. The largest absolute Gasteiger partial charge is 0.341 e. The summed E-state index contributed by atoms with van der Waals surface area (Å²) in [6.07, 6.45) is 0. The fourth-order valence-corrected chi connectivity index (χ4v) is 2.75. The Morgan fingerprint density at radius 3 is 2.46 bits per heavy atom. The number of sulfonamides is 1. The Balaban J connectivity index is 2.34. The molecule has 2 rings (SSSR count). The van der Waals surface area contributed by atoms with Gasteiger partial charge < -0.3 is 4.98 Å². The number of carbonyl (C=O) groups excluding carboxylic acids is 1. The number of nitrogens with zero attached hydrogens (tertiary/aromatic N) is 1.